The molecular formula is C12H12N2O2. The number of carbonyl (C=O) groups is 1. The van der Waals surface area contributed by atoms with Gasteiger partial charge >= 0.3 is 0 Å². The second kappa shape index (κ2) is 4.75. The van der Waals surface area contributed by atoms with E-state index >= 15 is 0 Å². The van der Waals surface area contributed by atoms with Crippen molar-refractivity contribution in [2.24, 2.45) is 0 Å². The lowest BCUT2D eigenvalue weighted by atomic mass is 9.96. The molecule has 0 atom stereocenters. The number of hydrogen-bond donors (Lipinski definition) is 0. The van der Waals surface area contributed by atoms with E-state index < -0.39 is 0 Å². The topological polar surface area (TPSA) is 63.0 Å². The van der Waals surface area contributed by atoms with Gasteiger partial charge in [0.1, 0.15) is 18.0 Å². The zero-order chi connectivity index (χ0) is 11.4. The maximum atomic E-state index is 11.0. The van der Waals surface area contributed by atoms with Crippen LogP contribution in [0.5, 0.6) is 5.88 Å². The zero-order valence-corrected chi connectivity index (χ0v) is 8.85. The summed E-state index contributed by atoms with van der Waals surface area (Å²) in [5.41, 5.74) is 0.520. The Hall–Kier alpha value is -1.89. The summed E-state index contributed by atoms with van der Waals surface area (Å²) in [4.78, 5) is 15.1. The number of aromatic nitrogens is 1. The fourth-order valence-electron chi connectivity index (χ4n) is 1.72. The molecule has 0 radical (unpaired) electrons. The van der Waals surface area contributed by atoms with Crippen LogP contribution in [0, 0.1) is 11.3 Å². The van der Waals surface area contributed by atoms with Gasteiger partial charge in [-0.05, 0) is 18.9 Å². The van der Waals surface area contributed by atoms with Gasteiger partial charge in [-0.15, -0.1) is 0 Å². The van der Waals surface area contributed by atoms with E-state index in [0.717, 1.165) is 12.8 Å². The molecule has 1 aliphatic rings. The summed E-state index contributed by atoms with van der Waals surface area (Å²) >= 11 is 0. The zero-order valence-electron chi connectivity index (χ0n) is 8.85. The molecule has 0 unspecified atom stereocenters. The number of pyridine rings is 1. The minimum atomic E-state index is 0.0816. The Bertz CT molecular complexity index is 410. The van der Waals surface area contributed by atoms with Crippen LogP contribution in [-0.2, 0) is 4.79 Å². The van der Waals surface area contributed by atoms with Gasteiger partial charge in [0.2, 0.25) is 5.88 Å². The number of carbonyl (C=O) groups excluding carboxylic acids is 1. The highest BCUT2D eigenvalue weighted by Gasteiger charge is 2.20. The molecule has 0 saturated heterocycles. The fourth-order valence-corrected chi connectivity index (χ4v) is 1.72. The van der Waals surface area contributed by atoms with Crippen LogP contribution in [0.15, 0.2) is 18.3 Å². The van der Waals surface area contributed by atoms with Crippen molar-refractivity contribution in [2.75, 3.05) is 0 Å². The number of nitrogens with zero attached hydrogens (tertiary/aromatic N) is 2. The average Bonchev–Trinajstić information content (AvgIpc) is 2.33. The minimum absolute atomic E-state index is 0.0816. The van der Waals surface area contributed by atoms with Gasteiger partial charge in [0.25, 0.3) is 0 Å². The van der Waals surface area contributed by atoms with E-state index in [1.54, 1.807) is 12.1 Å². The molecule has 0 aromatic carbocycles. The van der Waals surface area contributed by atoms with E-state index in [9.17, 15) is 4.79 Å². The first-order valence-corrected chi connectivity index (χ1v) is 5.32. The van der Waals surface area contributed by atoms with Crippen LogP contribution >= 0.6 is 0 Å². The third kappa shape index (κ3) is 2.57. The number of Topliss-reactive ketones (excluding diaryl/α,β-unsaturated/α-hetero) is 1. The van der Waals surface area contributed by atoms with E-state index in [0.29, 0.717) is 30.1 Å². The molecule has 1 fully saturated rings. The van der Waals surface area contributed by atoms with Crippen molar-refractivity contribution in [3.05, 3.63) is 23.9 Å². The number of ether oxygens (including phenoxy) is 1. The molecule has 4 heteroatoms. The van der Waals surface area contributed by atoms with Gasteiger partial charge in [-0.2, -0.15) is 5.26 Å². The monoisotopic (exact) mass is 216 g/mol. The summed E-state index contributed by atoms with van der Waals surface area (Å²) in [6, 6.07) is 5.37. The van der Waals surface area contributed by atoms with Crippen molar-refractivity contribution >= 4 is 5.78 Å². The smallest absolute Gasteiger partial charge is 0.213 e. The molecule has 0 amide bonds. The first-order valence-electron chi connectivity index (χ1n) is 5.32. The molecule has 1 heterocycles. The summed E-state index contributed by atoms with van der Waals surface area (Å²) in [6.07, 6.45) is 4.30. The molecule has 0 spiro atoms. The Balaban J connectivity index is 1.94. The van der Waals surface area contributed by atoms with Crippen molar-refractivity contribution in [3.8, 4) is 11.9 Å². The second-order valence-electron chi connectivity index (χ2n) is 3.85. The predicted octanol–water partition coefficient (Wildman–Crippen LogP) is 1.84. The Morgan fingerprint density at radius 3 is 2.69 bits per heavy atom. The number of hydrogen-bond acceptors (Lipinski definition) is 4. The Morgan fingerprint density at radius 1 is 1.38 bits per heavy atom. The molecule has 1 aromatic rings. The van der Waals surface area contributed by atoms with Crippen LogP contribution in [0.2, 0.25) is 0 Å². The number of rotatable bonds is 2. The lowest BCUT2D eigenvalue weighted by Gasteiger charge is -2.21. The quantitative estimate of drug-likeness (QED) is 0.756. The van der Waals surface area contributed by atoms with Crippen LogP contribution in [0.25, 0.3) is 0 Å². The van der Waals surface area contributed by atoms with Crippen molar-refractivity contribution in [1.29, 1.82) is 5.26 Å². The molecule has 82 valence electrons. The van der Waals surface area contributed by atoms with Crippen molar-refractivity contribution in [3.63, 3.8) is 0 Å². The molecule has 2 rings (SSSR count). The fraction of sp³-hybridized carbons (Fsp3) is 0.417. The van der Waals surface area contributed by atoms with Crippen molar-refractivity contribution < 1.29 is 9.53 Å². The van der Waals surface area contributed by atoms with E-state index in [-0.39, 0.29) is 6.10 Å². The van der Waals surface area contributed by atoms with Crippen LogP contribution in [0.3, 0.4) is 0 Å². The first kappa shape index (κ1) is 10.6. The largest absolute Gasteiger partial charge is 0.474 e. The Kier molecular flexibility index (Phi) is 3.16. The highest BCUT2D eigenvalue weighted by molar-refractivity contribution is 5.79. The van der Waals surface area contributed by atoms with E-state index in [1.807, 2.05) is 6.07 Å². The van der Waals surface area contributed by atoms with Crippen LogP contribution in [0.1, 0.15) is 31.2 Å². The van der Waals surface area contributed by atoms with Gasteiger partial charge in [0.15, 0.2) is 0 Å². The molecule has 0 bridgehead atoms. The van der Waals surface area contributed by atoms with Gasteiger partial charge < -0.3 is 4.74 Å². The average molecular weight is 216 g/mol. The predicted molar refractivity (Wildman–Crippen MR) is 56.8 cm³/mol. The summed E-state index contributed by atoms with van der Waals surface area (Å²) in [5.74, 6) is 0.839. The van der Waals surface area contributed by atoms with Gasteiger partial charge in [-0.1, -0.05) is 0 Å². The van der Waals surface area contributed by atoms with Gasteiger partial charge in [-0.3, -0.25) is 4.79 Å². The van der Waals surface area contributed by atoms with Crippen LogP contribution < -0.4 is 4.74 Å². The molecule has 1 aliphatic carbocycles. The van der Waals surface area contributed by atoms with Crippen LogP contribution in [-0.4, -0.2) is 16.9 Å². The second-order valence-corrected chi connectivity index (χ2v) is 3.85. The third-order valence-corrected chi connectivity index (χ3v) is 2.64. The van der Waals surface area contributed by atoms with E-state index in [4.69, 9.17) is 10.00 Å². The normalized spacial score (nSPS) is 16.8. The molecule has 16 heavy (non-hydrogen) atoms. The van der Waals surface area contributed by atoms with E-state index in [2.05, 4.69) is 4.98 Å². The molecule has 1 aromatic heterocycles. The molecular weight excluding hydrogens is 204 g/mol. The highest BCUT2D eigenvalue weighted by Crippen LogP contribution is 2.20. The minimum Gasteiger partial charge on any atom is -0.474 e. The first-order chi connectivity index (χ1) is 7.78. The lowest BCUT2D eigenvalue weighted by Crippen LogP contribution is -2.24. The Morgan fingerprint density at radius 2 is 2.12 bits per heavy atom. The third-order valence-electron chi connectivity index (χ3n) is 2.64. The van der Waals surface area contributed by atoms with Crippen LogP contribution in [0.4, 0.5) is 0 Å². The molecule has 0 aliphatic heterocycles. The number of ketones is 1. The molecule has 4 nitrogen and oxygen atoms in total. The van der Waals surface area contributed by atoms with Gasteiger partial charge in [0, 0.05) is 25.1 Å². The molecule has 1 saturated carbocycles. The number of nitriles is 1. The van der Waals surface area contributed by atoms with Crippen molar-refractivity contribution in [1.82, 2.24) is 4.98 Å². The standard InChI is InChI=1S/C12H12N2O2/c13-7-9-1-6-12(14-8-9)16-11-4-2-10(15)3-5-11/h1,6,8,11H,2-5H2. The maximum Gasteiger partial charge on any atom is 0.213 e. The maximum absolute atomic E-state index is 11.0. The SMILES string of the molecule is N#Cc1ccc(OC2CCC(=O)CC2)nc1. The molecule has 0 N–H and O–H groups in total. The van der Waals surface area contributed by atoms with Crippen molar-refractivity contribution in [2.45, 2.75) is 31.8 Å². The summed E-state index contributed by atoms with van der Waals surface area (Å²) in [5, 5.41) is 8.61. The Labute approximate surface area is 93.9 Å². The van der Waals surface area contributed by atoms with E-state index in [1.165, 1.54) is 6.20 Å². The highest BCUT2D eigenvalue weighted by atomic mass is 16.5. The summed E-state index contributed by atoms with van der Waals surface area (Å²) in [7, 11) is 0. The summed E-state index contributed by atoms with van der Waals surface area (Å²) < 4.78 is 5.63. The lowest BCUT2D eigenvalue weighted by molar-refractivity contribution is -0.121. The van der Waals surface area contributed by atoms with Gasteiger partial charge in [0.05, 0.1) is 5.56 Å². The van der Waals surface area contributed by atoms with Gasteiger partial charge in [-0.25, -0.2) is 4.98 Å². The summed E-state index contributed by atoms with van der Waals surface area (Å²) in [6.45, 7) is 0.